The first-order valence-electron chi connectivity index (χ1n) is 5.87. The van der Waals surface area contributed by atoms with E-state index < -0.39 is 0 Å². The lowest BCUT2D eigenvalue weighted by Crippen LogP contribution is -2.43. The first kappa shape index (κ1) is 13.9. The molecule has 0 amide bonds. The SMILES string of the molecule is CCNC(CO)CN1CC(OC)C(OC)C1. The molecule has 16 heavy (non-hydrogen) atoms. The highest BCUT2D eigenvalue weighted by molar-refractivity contribution is 4.87. The number of likely N-dealkylation sites (N-methyl/N-ethyl adjacent to an activating group) is 1. The minimum Gasteiger partial charge on any atom is -0.395 e. The van der Waals surface area contributed by atoms with Crippen LogP contribution in [0.1, 0.15) is 6.92 Å². The molecule has 0 bridgehead atoms. The number of hydrogen-bond donors (Lipinski definition) is 2. The number of nitrogens with zero attached hydrogens (tertiary/aromatic N) is 1. The zero-order valence-corrected chi connectivity index (χ0v) is 10.5. The number of methoxy groups -OCH3 is 2. The van der Waals surface area contributed by atoms with E-state index in [1.54, 1.807) is 14.2 Å². The minimum atomic E-state index is 0.137. The maximum absolute atomic E-state index is 9.21. The molecule has 1 saturated heterocycles. The van der Waals surface area contributed by atoms with Gasteiger partial charge in [0.15, 0.2) is 0 Å². The molecule has 0 saturated carbocycles. The lowest BCUT2D eigenvalue weighted by atomic mass is 10.3. The van der Waals surface area contributed by atoms with Crippen LogP contribution >= 0.6 is 0 Å². The molecule has 0 radical (unpaired) electrons. The Labute approximate surface area is 97.7 Å². The number of hydrogen-bond acceptors (Lipinski definition) is 5. The van der Waals surface area contributed by atoms with Crippen LogP contribution in [0.15, 0.2) is 0 Å². The third-order valence-electron chi connectivity index (χ3n) is 3.09. The maximum Gasteiger partial charge on any atom is 0.0971 e. The Morgan fingerprint density at radius 2 is 1.88 bits per heavy atom. The summed E-state index contributed by atoms with van der Waals surface area (Å²) in [4.78, 5) is 2.27. The first-order chi connectivity index (χ1) is 7.74. The van der Waals surface area contributed by atoms with Crippen LogP contribution in [0, 0.1) is 0 Å². The highest BCUT2D eigenvalue weighted by Crippen LogP contribution is 2.15. The number of likely N-dealkylation sites (tertiary alicyclic amines) is 1. The summed E-state index contributed by atoms with van der Waals surface area (Å²) in [5, 5.41) is 12.5. The van der Waals surface area contributed by atoms with E-state index in [0.717, 1.165) is 26.2 Å². The third kappa shape index (κ3) is 3.68. The number of aliphatic hydroxyl groups excluding tert-OH is 1. The highest BCUT2D eigenvalue weighted by Gasteiger charge is 2.33. The van der Waals surface area contributed by atoms with Gasteiger partial charge in [-0.15, -0.1) is 0 Å². The second-order valence-corrected chi connectivity index (χ2v) is 4.20. The van der Waals surface area contributed by atoms with E-state index in [0.29, 0.717) is 0 Å². The summed E-state index contributed by atoms with van der Waals surface area (Å²) in [7, 11) is 3.43. The molecule has 1 rings (SSSR count). The van der Waals surface area contributed by atoms with E-state index in [1.807, 2.05) is 6.92 Å². The number of rotatable bonds is 7. The second-order valence-electron chi connectivity index (χ2n) is 4.20. The van der Waals surface area contributed by atoms with Crippen molar-refractivity contribution < 1.29 is 14.6 Å². The molecule has 3 unspecified atom stereocenters. The molecule has 96 valence electrons. The molecular weight excluding hydrogens is 208 g/mol. The fourth-order valence-electron chi connectivity index (χ4n) is 2.21. The first-order valence-corrected chi connectivity index (χ1v) is 5.87. The van der Waals surface area contributed by atoms with Crippen molar-refractivity contribution in [3.8, 4) is 0 Å². The van der Waals surface area contributed by atoms with Gasteiger partial charge in [-0.3, -0.25) is 4.90 Å². The molecule has 0 spiro atoms. The summed E-state index contributed by atoms with van der Waals surface area (Å²) < 4.78 is 10.7. The Bertz CT molecular complexity index is 180. The van der Waals surface area contributed by atoms with Crippen LogP contribution in [0.5, 0.6) is 0 Å². The fourth-order valence-corrected chi connectivity index (χ4v) is 2.21. The molecule has 1 aliphatic heterocycles. The van der Waals surface area contributed by atoms with Gasteiger partial charge in [-0.25, -0.2) is 0 Å². The molecule has 0 aromatic rings. The molecule has 0 aliphatic carbocycles. The standard InChI is InChI=1S/C11H24N2O3/c1-4-12-9(8-14)5-13-6-10(15-2)11(7-13)16-3/h9-12,14H,4-8H2,1-3H3. The number of nitrogens with one attached hydrogen (secondary N) is 1. The van der Waals surface area contributed by atoms with Crippen molar-refractivity contribution in [2.45, 2.75) is 25.2 Å². The van der Waals surface area contributed by atoms with Crippen molar-refractivity contribution in [1.82, 2.24) is 10.2 Å². The molecule has 0 aromatic carbocycles. The third-order valence-corrected chi connectivity index (χ3v) is 3.09. The summed E-state index contributed by atoms with van der Waals surface area (Å²) >= 11 is 0. The van der Waals surface area contributed by atoms with E-state index in [2.05, 4.69) is 10.2 Å². The molecule has 1 aliphatic rings. The summed E-state index contributed by atoms with van der Waals surface area (Å²) in [6, 6.07) is 0.137. The summed E-state index contributed by atoms with van der Waals surface area (Å²) in [6.45, 7) is 5.67. The van der Waals surface area contributed by atoms with E-state index in [-0.39, 0.29) is 24.9 Å². The average molecular weight is 232 g/mol. The topological polar surface area (TPSA) is 54.0 Å². The van der Waals surface area contributed by atoms with Gasteiger partial charge in [0.2, 0.25) is 0 Å². The predicted molar refractivity (Wildman–Crippen MR) is 62.6 cm³/mol. The minimum absolute atomic E-state index is 0.137. The molecule has 1 heterocycles. The van der Waals surface area contributed by atoms with Gasteiger partial charge in [0.25, 0.3) is 0 Å². The van der Waals surface area contributed by atoms with Gasteiger partial charge in [-0.1, -0.05) is 6.92 Å². The van der Waals surface area contributed by atoms with E-state index >= 15 is 0 Å². The van der Waals surface area contributed by atoms with Crippen LogP contribution < -0.4 is 5.32 Å². The second kappa shape index (κ2) is 7.19. The quantitative estimate of drug-likeness (QED) is 0.608. The van der Waals surface area contributed by atoms with Gasteiger partial charge in [0.1, 0.15) is 0 Å². The van der Waals surface area contributed by atoms with Crippen LogP contribution in [0.4, 0.5) is 0 Å². The zero-order valence-electron chi connectivity index (χ0n) is 10.5. The Morgan fingerprint density at radius 1 is 1.31 bits per heavy atom. The lowest BCUT2D eigenvalue weighted by molar-refractivity contribution is -0.00461. The summed E-state index contributed by atoms with van der Waals surface area (Å²) in [6.07, 6.45) is 0.289. The van der Waals surface area contributed by atoms with E-state index in [9.17, 15) is 5.11 Å². The van der Waals surface area contributed by atoms with Gasteiger partial charge in [-0.2, -0.15) is 0 Å². The summed E-state index contributed by atoms with van der Waals surface area (Å²) in [5.41, 5.74) is 0. The monoisotopic (exact) mass is 232 g/mol. The molecule has 5 heteroatoms. The fraction of sp³-hybridized carbons (Fsp3) is 1.00. The van der Waals surface area contributed by atoms with Crippen LogP contribution in [-0.4, -0.2) is 75.3 Å². The highest BCUT2D eigenvalue weighted by atomic mass is 16.5. The molecule has 0 aromatic heterocycles. The molecule has 1 fully saturated rings. The Hall–Kier alpha value is -0.200. The van der Waals surface area contributed by atoms with Crippen LogP contribution in [0.2, 0.25) is 0 Å². The Balaban J connectivity index is 2.38. The van der Waals surface area contributed by atoms with Gasteiger partial charge < -0.3 is 19.9 Å². The average Bonchev–Trinajstić information content (AvgIpc) is 2.70. The predicted octanol–water partition coefficient (Wildman–Crippen LogP) is -0.698. The summed E-state index contributed by atoms with van der Waals surface area (Å²) in [5.74, 6) is 0. The largest absolute Gasteiger partial charge is 0.395 e. The van der Waals surface area contributed by atoms with Gasteiger partial charge in [0, 0.05) is 39.9 Å². The van der Waals surface area contributed by atoms with Crippen molar-refractivity contribution >= 4 is 0 Å². The Kier molecular flexibility index (Phi) is 6.23. The lowest BCUT2D eigenvalue weighted by Gasteiger charge is -2.22. The molecular formula is C11H24N2O3. The number of ether oxygens (including phenoxy) is 2. The van der Waals surface area contributed by atoms with Crippen molar-refractivity contribution in [2.75, 3.05) is 47.0 Å². The van der Waals surface area contributed by atoms with Gasteiger partial charge in [0.05, 0.1) is 18.8 Å². The van der Waals surface area contributed by atoms with E-state index in [1.165, 1.54) is 0 Å². The maximum atomic E-state index is 9.21. The smallest absolute Gasteiger partial charge is 0.0971 e. The van der Waals surface area contributed by atoms with Crippen molar-refractivity contribution in [1.29, 1.82) is 0 Å². The Morgan fingerprint density at radius 3 is 2.25 bits per heavy atom. The van der Waals surface area contributed by atoms with Crippen LogP contribution in [-0.2, 0) is 9.47 Å². The van der Waals surface area contributed by atoms with Crippen molar-refractivity contribution in [2.24, 2.45) is 0 Å². The van der Waals surface area contributed by atoms with Crippen molar-refractivity contribution in [3.05, 3.63) is 0 Å². The molecule has 2 N–H and O–H groups in total. The normalized spacial score (nSPS) is 28.5. The van der Waals surface area contributed by atoms with Crippen LogP contribution in [0.3, 0.4) is 0 Å². The van der Waals surface area contributed by atoms with E-state index in [4.69, 9.17) is 9.47 Å². The zero-order chi connectivity index (χ0) is 12.0. The van der Waals surface area contributed by atoms with Crippen LogP contribution in [0.25, 0.3) is 0 Å². The molecule has 5 nitrogen and oxygen atoms in total. The van der Waals surface area contributed by atoms with Crippen molar-refractivity contribution in [3.63, 3.8) is 0 Å². The number of aliphatic hydroxyl groups is 1. The van der Waals surface area contributed by atoms with Gasteiger partial charge in [-0.05, 0) is 6.54 Å². The molecule has 3 atom stereocenters. The van der Waals surface area contributed by atoms with Gasteiger partial charge >= 0.3 is 0 Å².